The minimum Gasteiger partial charge on any atom is -0.485 e. The molecule has 7 nitrogen and oxygen atoms in total. The third-order valence-electron chi connectivity index (χ3n) is 4.81. The molecule has 1 aliphatic rings. The van der Waals surface area contributed by atoms with Crippen LogP contribution in [0.15, 0.2) is 54.9 Å². The summed E-state index contributed by atoms with van der Waals surface area (Å²) >= 11 is 0. The van der Waals surface area contributed by atoms with E-state index in [1.807, 2.05) is 43.3 Å². The van der Waals surface area contributed by atoms with E-state index >= 15 is 0 Å². The Hall–Kier alpha value is -3.61. The lowest BCUT2D eigenvalue weighted by Gasteiger charge is -2.27. The molecule has 0 spiro atoms. The highest BCUT2D eigenvalue weighted by atomic mass is 16.6. The highest BCUT2D eigenvalue weighted by Gasteiger charge is 2.23. The molecule has 30 heavy (non-hydrogen) atoms. The average molecular weight is 405 g/mol. The van der Waals surface area contributed by atoms with Crippen LogP contribution in [0.5, 0.6) is 17.4 Å². The zero-order chi connectivity index (χ0) is 20.9. The maximum Gasteiger partial charge on any atom is 0.269 e. The number of methoxy groups -OCH3 is 1. The predicted octanol–water partition coefficient (Wildman–Crippen LogP) is 3.34. The van der Waals surface area contributed by atoms with Gasteiger partial charge in [-0.3, -0.25) is 9.78 Å². The zero-order valence-corrected chi connectivity index (χ0v) is 16.9. The molecule has 1 unspecified atom stereocenters. The van der Waals surface area contributed by atoms with Crippen molar-refractivity contribution in [2.45, 2.75) is 19.4 Å². The van der Waals surface area contributed by atoms with Crippen molar-refractivity contribution in [1.82, 2.24) is 15.3 Å². The highest BCUT2D eigenvalue weighted by molar-refractivity contribution is 5.92. The molecule has 0 bridgehead atoms. The van der Waals surface area contributed by atoms with Crippen molar-refractivity contribution in [3.8, 4) is 17.4 Å². The van der Waals surface area contributed by atoms with E-state index < -0.39 is 0 Å². The maximum atomic E-state index is 12.0. The zero-order valence-electron chi connectivity index (χ0n) is 16.9. The second kappa shape index (κ2) is 8.82. The molecule has 4 rings (SSSR count). The first kappa shape index (κ1) is 19.7. The SMILES string of the molecule is CCNC(=O)c1cc(Cc2ccc3c(c2)OCC(c2ccc(OC)nc2)O3)ccn1. The van der Waals surface area contributed by atoms with Gasteiger partial charge in [-0.05, 0) is 54.8 Å². The van der Waals surface area contributed by atoms with Crippen molar-refractivity contribution in [2.75, 3.05) is 20.3 Å². The summed E-state index contributed by atoms with van der Waals surface area (Å²) in [5.41, 5.74) is 3.42. The number of hydrogen-bond donors (Lipinski definition) is 1. The Bertz CT molecular complexity index is 1040. The van der Waals surface area contributed by atoms with Gasteiger partial charge in [0.1, 0.15) is 12.3 Å². The number of carbonyl (C=O) groups is 1. The number of hydrogen-bond acceptors (Lipinski definition) is 6. The fraction of sp³-hybridized carbons (Fsp3) is 0.261. The van der Waals surface area contributed by atoms with Crippen LogP contribution in [0.4, 0.5) is 0 Å². The lowest BCUT2D eigenvalue weighted by molar-refractivity contribution is 0.0909. The molecule has 1 N–H and O–H groups in total. The number of nitrogens with one attached hydrogen (secondary N) is 1. The number of ether oxygens (including phenoxy) is 3. The molecule has 154 valence electrons. The van der Waals surface area contributed by atoms with E-state index in [2.05, 4.69) is 15.3 Å². The van der Waals surface area contributed by atoms with Crippen molar-refractivity contribution in [3.05, 3.63) is 77.2 Å². The summed E-state index contributed by atoms with van der Waals surface area (Å²) in [6, 6.07) is 13.4. The Labute approximate surface area is 175 Å². The summed E-state index contributed by atoms with van der Waals surface area (Å²) in [4.78, 5) is 20.4. The van der Waals surface area contributed by atoms with Crippen molar-refractivity contribution in [2.24, 2.45) is 0 Å². The normalized spacial score (nSPS) is 14.8. The Balaban J connectivity index is 1.46. The molecule has 1 aromatic carbocycles. The molecule has 2 aromatic heterocycles. The van der Waals surface area contributed by atoms with Crippen LogP contribution in [0.25, 0.3) is 0 Å². The van der Waals surface area contributed by atoms with Crippen LogP contribution in [-0.2, 0) is 6.42 Å². The van der Waals surface area contributed by atoms with Crippen molar-refractivity contribution in [3.63, 3.8) is 0 Å². The highest BCUT2D eigenvalue weighted by Crippen LogP contribution is 2.37. The average Bonchev–Trinajstić information content (AvgIpc) is 2.79. The Kier molecular flexibility index (Phi) is 5.79. The van der Waals surface area contributed by atoms with Gasteiger partial charge in [-0.2, -0.15) is 0 Å². The number of aromatic nitrogens is 2. The third kappa shape index (κ3) is 4.35. The molecule has 0 aliphatic carbocycles. The Morgan fingerprint density at radius 2 is 2.00 bits per heavy atom. The van der Waals surface area contributed by atoms with E-state index in [1.165, 1.54) is 0 Å². The van der Waals surface area contributed by atoms with Crippen LogP contribution in [0.2, 0.25) is 0 Å². The number of benzene rings is 1. The molecule has 0 radical (unpaired) electrons. The fourth-order valence-corrected chi connectivity index (χ4v) is 3.29. The first-order valence-electron chi connectivity index (χ1n) is 9.81. The van der Waals surface area contributed by atoms with Crippen LogP contribution in [-0.4, -0.2) is 36.1 Å². The van der Waals surface area contributed by atoms with Gasteiger partial charge in [0.15, 0.2) is 17.6 Å². The summed E-state index contributed by atoms with van der Waals surface area (Å²) < 4.78 is 17.2. The molecule has 3 aromatic rings. The minimum atomic E-state index is -0.221. The topological polar surface area (TPSA) is 82.6 Å². The van der Waals surface area contributed by atoms with Gasteiger partial charge >= 0.3 is 0 Å². The third-order valence-corrected chi connectivity index (χ3v) is 4.81. The van der Waals surface area contributed by atoms with E-state index in [0.717, 1.165) is 16.7 Å². The molecule has 7 heteroatoms. The van der Waals surface area contributed by atoms with E-state index in [0.29, 0.717) is 42.6 Å². The largest absolute Gasteiger partial charge is 0.485 e. The molecule has 0 saturated heterocycles. The van der Waals surface area contributed by atoms with Gasteiger partial charge in [-0.1, -0.05) is 6.07 Å². The van der Waals surface area contributed by atoms with Crippen molar-refractivity contribution in [1.29, 1.82) is 0 Å². The first-order chi connectivity index (χ1) is 14.7. The molecule has 0 saturated carbocycles. The van der Waals surface area contributed by atoms with Crippen molar-refractivity contribution >= 4 is 5.91 Å². The minimum absolute atomic E-state index is 0.166. The second-order valence-corrected chi connectivity index (χ2v) is 6.92. The van der Waals surface area contributed by atoms with Crippen LogP contribution in [0.3, 0.4) is 0 Å². The number of nitrogens with zero attached hydrogens (tertiary/aromatic N) is 2. The van der Waals surface area contributed by atoms with Gasteiger partial charge in [0.25, 0.3) is 5.91 Å². The van der Waals surface area contributed by atoms with Gasteiger partial charge in [-0.15, -0.1) is 0 Å². The van der Waals surface area contributed by atoms with Gasteiger partial charge < -0.3 is 19.5 Å². The van der Waals surface area contributed by atoms with Crippen LogP contribution < -0.4 is 19.5 Å². The molecular formula is C23H23N3O4. The number of rotatable bonds is 6. The summed E-state index contributed by atoms with van der Waals surface area (Å²) in [5.74, 6) is 1.80. The van der Waals surface area contributed by atoms with E-state index in [9.17, 15) is 4.79 Å². The standard InChI is InChI=1S/C23H23N3O4/c1-3-24-23(27)18-11-16(8-9-25-18)10-15-4-6-19-20(12-15)29-14-21(30-19)17-5-7-22(28-2)26-13-17/h4-9,11-13,21H,3,10,14H2,1-2H3,(H,24,27). The van der Waals surface area contributed by atoms with Crippen LogP contribution in [0, 0.1) is 0 Å². The lowest BCUT2D eigenvalue weighted by atomic mass is 10.0. The van der Waals surface area contributed by atoms with Crippen molar-refractivity contribution < 1.29 is 19.0 Å². The molecule has 1 atom stereocenters. The monoisotopic (exact) mass is 405 g/mol. The van der Waals surface area contributed by atoms with Crippen LogP contribution in [0.1, 0.15) is 40.2 Å². The Morgan fingerprint density at radius 3 is 2.77 bits per heavy atom. The molecule has 1 aliphatic heterocycles. The van der Waals surface area contributed by atoms with Gasteiger partial charge in [0.2, 0.25) is 5.88 Å². The first-order valence-corrected chi connectivity index (χ1v) is 9.81. The summed E-state index contributed by atoms with van der Waals surface area (Å²) in [6.07, 6.45) is 3.84. The number of pyridine rings is 2. The molecular weight excluding hydrogens is 382 g/mol. The lowest BCUT2D eigenvalue weighted by Crippen LogP contribution is -2.23. The summed E-state index contributed by atoms with van der Waals surface area (Å²) in [6.45, 7) is 2.86. The number of fused-ring (bicyclic) bond motifs is 1. The number of amides is 1. The van der Waals surface area contributed by atoms with E-state index in [-0.39, 0.29) is 12.0 Å². The van der Waals surface area contributed by atoms with Gasteiger partial charge in [-0.25, -0.2) is 4.98 Å². The predicted molar refractivity (Wildman–Crippen MR) is 111 cm³/mol. The van der Waals surface area contributed by atoms with E-state index in [1.54, 1.807) is 25.6 Å². The number of carbonyl (C=O) groups excluding carboxylic acids is 1. The van der Waals surface area contributed by atoms with Gasteiger partial charge in [0, 0.05) is 30.6 Å². The summed E-state index contributed by atoms with van der Waals surface area (Å²) in [5, 5.41) is 2.77. The molecule has 1 amide bonds. The fourth-order valence-electron chi connectivity index (χ4n) is 3.29. The van der Waals surface area contributed by atoms with Crippen LogP contribution >= 0.6 is 0 Å². The second-order valence-electron chi connectivity index (χ2n) is 6.92. The van der Waals surface area contributed by atoms with E-state index in [4.69, 9.17) is 14.2 Å². The van der Waals surface area contributed by atoms with Gasteiger partial charge in [0.05, 0.1) is 7.11 Å². The maximum absolute atomic E-state index is 12.0. The summed E-state index contributed by atoms with van der Waals surface area (Å²) in [7, 11) is 1.59. The Morgan fingerprint density at radius 1 is 1.13 bits per heavy atom. The molecule has 0 fully saturated rings. The quantitative estimate of drug-likeness (QED) is 0.677. The molecule has 3 heterocycles. The smallest absolute Gasteiger partial charge is 0.269 e.